The lowest BCUT2D eigenvalue weighted by Crippen LogP contribution is -2.40. The Bertz CT molecular complexity index is 403. The minimum absolute atomic E-state index is 0.0690. The molecule has 0 radical (unpaired) electrons. The largest absolute Gasteiger partial charge is 0.319 e. The molecule has 2 unspecified atom stereocenters. The highest BCUT2D eigenvalue weighted by Gasteiger charge is 2.31. The lowest BCUT2D eigenvalue weighted by atomic mass is 9.84. The maximum absolute atomic E-state index is 14.1. The average molecular weight is 250 g/mol. The van der Waals surface area contributed by atoms with Crippen LogP contribution in [0.4, 0.5) is 4.39 Å². The van der Waals surface area contributed by atoms with Crippen LogP contribution >= 0.6 is 0 Å². The Hall–Kier alpha value is -0.930. The van der Waals surface area contributed by atoms with Crippen molar-refractivity contribution in [3.05, 3.63) is 35.1 Å². The third-order valence-corrected chi connectivity index (χ3v) is 3.94. The summed E-state index contributed by atoms with van der Waals surface area (Å²) in [6.45, 7) is 4.03. The molecule has 1 aromatic carbocycles. The van der Waals surface area contributed by atoms with Crippen molar-refractivity contribution in [2.75, 3.05) is 27.2 Å². The number of nitrogens with one attached hydrogen (secondary N) is 1. The first kappa shape index (κ1) is 13.5. The van der Waals surface area contributed by atoms with Crippen molar-refractivity contribution in [3.8, 4) is 0 Å². The van der Waals surface area contributed by atoms with Crippen LogP contribution in [-0.4, -0.2) is 32.1 Å². The van der Waals surface area contributed by atoms with Crippen LogP contribution in [0.5, 0.6) is 0 Å². The van der Waals surface area contributed by atoms with E-state index in [9.17, 15) is 4.39 Å². The zero-order chi connectivity index (χ0) is 13.1. The number of likely N-dealkylation sites (tertiary alicyclic amines) is 1. The number of hydrogen-bond acceptors (Lipinski definition) is 2. The van der Waals surface area contributed by atoms with Gasteiger partial charge < -0.3 is 5.32 Å². The second kappa shape index (κ2) is 5.81. The van der Waals surface area contributed by atoms with Gasteiger partial charge in [-0.2, -0.15) is 0 Å². The summed E-state index contributed by atoms with van der Waals surface area (Å²) in [5.74, 6) is 0.422. The molecule has 1 aliphatic rings. The molecule has 2 nitrogen and oxygen atoms in total. The lowest BCUT2D eigenvalue weighted by molar-refractivity contribution is 0.118. The first-order chi connectivity index (χ1) is 8.63. The SMILES string of the molecule is CNCC1CCCN(C)C1c1cc(C)ccc1F. The number of halogens is 1. The highest BCUT2D eigenvalue weighted by Crippen LogP contribution is 2.36. The van der Waals surface area contributed by atoms with Crippen molar-refractivity contribution in [2.24, 2.45) is 5.92 Å². The van der Waals surface area contributed by atoms with E-state index in [-0.39, 0.29) is 11.9 Å². The molecule has 1 N–H and O–H groups in total. The standard InChI is InChI=1S/C15H23FN2/c1-11-6-7-14(16)13(9-11)15-12(10-17-2)5-4-8-18(15)3/h6-7,9,12,15,17H,4-5,8,10H2,1-3H3. The van der Waals surface area contributed by atoms with Gasteiger partial charge in [-0.05, 0) is 58.9 Å². The maximum atomic E-state index is 14.1. The van der Waals surface area contributed by atoms with E-state index in [0.717, 1.165) is 24.2 Å². The number of hydrogen-bond donors (Lipinski definition) is 1. The predicted molar refractivity (Wildman–Crippen MR) is 73.2 cm³/mol. The summed E-state index contributed by atoms with van der Waals surface area (Å²) in [6.07, 6.45) is 2.37. The van der Waals surface area contributed by atoms with E-state index >= 15 is 0 Å². The van der Waals surface area contributed by atoms with Crippen LogP contribution in [0.1, 0.15) is 30.0 Å². The van der Waals surface area contributed by atoms with Crippen molar-refractivity contribution >= 4 is 0 Å². The van der Waals surface area contributed by atoms with Crippen LogP contribution < -0.4 is 5.32 Å². The van der Waals surface area contributed by atoms with Crippen LogP contribution in [-0.2, 0) is 0 Å². The Balaban J connectivity index is 2.33. The van der Waals surface area contributed by atoms with Gasteiger partial charge in [0.25, 0.3) is 0 Å². The molecule has 18 heavy (non-hydrogen) atoms. The van der Waals surface area contributed by atoms with Crippen LogP contribution in [0.25, 0.3) is 0 Å². The molecule has 0 amide bonds. The third-order valence-electron chi connectivity index (χ3n) is 3.94. The number of aryl methyl sites for hydroxylation is 1. The van der Waals surface area contributed by atoms with E-state index in [0.29, 0.717) is 5.92 Å². The zero-order valence-corrected chi connectivity index (χ0v) is 11.5. The van der Waals surface area contributed by atoms with Gasteiger partial charge in [-0.1, -0.05) is 17.7 Å². The molecular formula is C15H23FN2. The summed E-state index contributed by atoms with van der Waals surface area (Å²) in [4.78, 5) is 2.30. The second-order valence-corrected chi connectivity index (χ2v) is 5.41. The molecule has 0 aliphatic carbocycles. The summed E-state index contributed by atoms with van der Waals surface area (Å²) >= 11 is 0. The van der Waals surface area contributed by atoms with Crippen molar-refractivity contribution in [1.29, 1.82) is 0 Å². The fourth-order valence-electron chi connectivity index (χ4n) is 3.12. The van der Waals surface area contributed by atoms with E-state index in [2.05, 4.69) is 17.3 Å². The Morgan fingerprint density at radius 3 is 2.94 bits per heavy atom. The van der Waals surface area contributed by atoms with E-state index < -0.39 is 0 Å². The first-order valence-electron chi connectivity index (χ1n) is 6.74. The normalized spacial score (nSPS) is 25.3. The summed E-state index contributed by atoms with van der Waals surface area (Å²) in [5, 5.41) is 3.24. The molecule has 1 fully saturated rings. The second-order valence-electron chi connectivity index (χ2n) is 5.41. The third kappa shape index (κ3) is 2.73. The molecule has 1 saturated heterocycles. The first-order valence-corrected chi connectivity index (χ1v) is 6.74. The number of piperidine rings is 1. The van der Waals surface area contributed by atoms with Crippen molar-refractivity contribution in [2.45, 2.75) is 25.8 Å². The molecule has 2 rings (SSSR count). The zero-order valence-electron chi connectivity index (χ0n) is 11.5. The maximum Gasteiger partial charge on any atom is 0.128 e. The fraction of sp³-hybridized carbons (Fsp3) is 0.600. The summed E-state index contributed by atoms with van der Waals surface area (Å²) < 4.78 is 14.1. The van der Waals surface area contributed by atoms with Crippen LogP contribution in [0, 0.1) is 18.7 Å². The molecule has 0 spiro atoms. The molecule has 0 aromatic heterocycles. The Morgan fingerprint density at radius 2 is 2.22 bits per heavy atom. The topological polar surface area (TPSA) is 15.3 Å². The average Bonchev–Trinajstić information content (AvgIpc) is 2.34. The quantitative estimate of drug-likeness (QED) is 0.887. The molecule has 1 aromatic rings. The van der Waals surface area contributed by atoms with Gasteiger partial charge in [0, 0.05) is 11.6 Å². The van der Waals surface area contributed by atoms with Crippen molar-refractivity contribution in [3.63, 3.8) is 0 Å². The Labute approximate surface area is 109 Å². The van der Waals surface area contributed by atoms with Crippen LogP contribution in [0.3, 0.4) is 0 Å². The minimum Gasteiger partial charge on any atom is -0.319 e. The molecule has 1 aliphatic heterocycles. The molecule has 1 heterocycles. The molecule has 0 bridgehead atoms. The molecular weight excluding hydrogens is 227 g/mol. The van der Waals surface area contributed by atoms with Crippen molar-refractivity contribution in [1.82, 2.24) is 10.2 Å². The minimum atomic E-state index is -0.0690. The predicted octanol–water partition coefficient (Wildman–Crippen LogP) is 2.74. The van der Waals surface area contributed by atoms with Crippen LogP contribution in [0.2, 0.25) is 0 Å². The van der Waals surface area contributed by atoms with Gasteiger partial charge in [0.05, 0.1) is 0 Å². The molecule has 100 valence electrons. The van der Waals surface area contributed by atoms with Gasteiger partial charge in [0.2, 0.25) is 0 Å². The molecule has 3 heteroatoms. The summed E-state index contributed by atoms with van der Waals surface area (Å²) in [7, 11) is 4.08. The number of nitrogens with zero attached hydrogens (tertiary/aromatic N) is 1. The van der Waals surface area contributed by atoms with E-state index in [1.165, 1.54) is 12.8 Å². The number of rotatable bonds is 3. The van der Waals surface area contributed by atoms with Gasteiger partial charge in [-0.3, -0.25) is 4.90 Å². The highest BCUT2D eigenvalue weighted by atomic mass is 19.1. The smallest absolute Gasteiger partial charge is 0.128 e. The van der Waals surface area contributed by atoms with Crippen LogP contribution in [0.15, 0.2) is 18.2 Å². The Morgan fingerprint density at radius 1 is 1.44 bits per heavy atom. The monoisotopic (exact) mass is 250 g/mol. The molecule has 0 saturated carbocycles. The summed E-state index contributed by atoms with van der Waals surface area (Å²) in [6, 6.07) is 5.65. The van der Waals surface area contributed by atoms with Gasteiger partial charge in [-0.15, -0.1) is 0 Å². The fourth-order valence-corrected chi connectivity index (χ4v) is 3.12. The molecule has 2 atom stereocenters. The highest BCUT2D eigenvalue weighted by molar-refractivity contribution is 5.28. The van der Waals surface area contributed by atoms with E-state index in [1.807, 2.05) is 26.1 Å². The van der Waals surface area contributed by atoms with Gasteiger partial charge in [0.1, 0.15) is 5.82 Å². The van der Waals surface area contributed by atoms with Gasteiger partial charge >= 0.3 is 0 Å². The van der Waals surface area contributed by atoms with Gasteiger partial charge in [0.15, 0.2) is 0 Å². The summed E-state index contributed by atoms with van der Waals surface area (Å²) in [5.41, 5.74) is 1.99. The number of benzene rings is 1. The van der Waals surface area contributed by atoms with Crippen molar-refractivity contribution < 1.29 is 4.39 Å². The van der Waals surface area contributed by atoms with E-state index in [4.69, 9.17) is 0 Å². The van der Waals surface area contributed by atoms with Gasteiger partial charge in [-0.25, -0.2) is 4.39 Å². The Kier molecular flexibility index (Phi) is 4.36. The lowest BCUT2D eigenvalue weighted by Gasteiger charge is -2.39. The van der Waals surface area contributed by atoms with E-state index in [1.54, 1.807) is 6.07 Å².